The Morgan fingerprint density at radius 3 is 2.27 bits per heavy atom. The molecule has 0 aromatic rings. The van der Waals surface area contributed by atoms with E-state index in [2.05, 4.69) is 31.7 Å². The van der Waals surface area contributed by atoms with Crippen molar-refractivity contribution in [1.82, 2.24) is 0 Å². The topological polar surface area (TPSA) is 35.5 Å². The molecule has 0 radical (unpaired) electrons. The Morgan fingerprint density at radius 2 is 1.77 bits per heavy atom. The van der Waals surface area contributed by atoms with Crippen LogP contribution in [-0.2, 0) is 14.0 Å². The fraction of sp³-hybridized carbons (Fsp3) is 0.812. The van der Waals surface area contributed by atoms with Crippen LogP contribution in [0.5, 0.6) is 0 Å². The molecule has 0 aromatic heterocycles. The van der Waals surface area contributed by atoms with Crippen LogP contribution in [0.3, 0.4) is 0 Å². The fourth-order valence-corrected chi connectivity index (χ4v) is 2.46. The molecule has 0 aliphatic heterocycles. The number of unbranched alkanes of at least 4 members (excludes halogenated alkanes) is 2. The van der Waals surface area contributed by atoms with E-state index in [-0.39, 0.29) is 0 Å². The summed E-state index contributed by atoms with van der Waals surface area (Å²) in [7, 11) is -1.61. The molecule has 6 heteroatoms. The largest absolute Gasteiger partial charge is 0.458 e. The van der Waals surface area contributed by atoms with Gasteiger partial charge in [-0.1, -0.05) is 19.9 Å². The molecule has 0 saturated carbocycles. The number of carbonyl (C=O) groups is 1. The lowest BCUT2D eigenvalue weighted by Crippen LogP contribution is -2.34. The molecule has 0 aliphatic carbocycles. The highest BCUT2D eigenvalue weighted by Gasteiger charge is 2.37. The molecule has 0 heterocycles. The van der Waals surface area contributed by atoms with E-state index in [1.807, 2.05) is 0 Å². The first-order valence-corrected chi connectivity index (χ1v) is 10.9. The number of esters is 1. The van der Waals surface area contributed by atoms with Crippen molar-refractivity contribution in [3.8, 4) is 0 Å². The van der Waals surface area contributed by atoms with Crippen molar-refractivity contribution < 1.29 is 22.7 Å². The molecule has 0 atom stereocenters. The molecule has 0 saturated heterocycles. The maximum atomic E-state index is 13.4. The van der Waals surface area contributed by atoms with Crippen molar-refractivity contribution in [2.75, 3.05) is 6.61 Å². The lowest BCUT2D eigenvalue weighted by atomic mass is 10.2. The predicted molar refractivity (Wildman–Crippen MR) is 87.7 cm³/mol. The maximum Gasteiger partial charge on any atom is 0.381 e. The summed E-state index contributed by atoms with van der Waals surface area (Å²) in [5.74, 6) is -5.04. The van der Waals surface area contributed by atoms with Gasteiger partial charge in [-0.2, -0.15) is 8.78 Å². The van der Waals surface area contributed by atoms with Crippen molar-refractivity contribution in [1.29, 1.82) is 0 Å². The number of alkyl halides is 2. The van der Waals surface area contributed by atoms with E-state index in [4.69, 9.17) is 4.43 Å². The normalized spacial score (nSPS) is 13.4. The molecule has 0 aliphatic rings. The summed E-state index contributed by atoms with van der Waals surface area (Å²) >= 11 is 0. The molecule has 0 unspecified atom stereocenters. The Hall–Kier alpha value is -0.753. The van der Waals surface area contributed by atoms with Gasteiger partial charge in [0.1, 0.15) is 0 Å². The molecule has 0 fully saturated rings. The summed E-state index contributed by atoms with van der Waals surface area (Å²) < 4.78 is 37.3. The summed E-state index contributed by atoms with van der Waals surface area (Å²) in [5.41, 5.74) is 0.554. The van der Waals surface area contributed by atoms with Gasteiger partial charge in [-0.15, -0.1) is 0 Å². The average molecular weight is 336 g/mol. The zero-order valence-corrected chi connectivity index (χ0v) is 15.6. The minimum absolute atomic E-state index is 0.498. The first kappa shape index (κ1) is 21.2. The zero-order valence-electron chi connectivity index (χ0n) is 14.6. The first-order valence-electron chi connectivity index (χ1n) is 7.89. The summed E-state index contributed by atoms with van der Waals surface area (Å²) in [4.78, 5) is 11.2. The van der Waals surface area contributed by atoms with Crippen molar-refractivity contribution in [2.45, 2.75) is 77.6 Å². The van der Waals surface area contributed by atoms with Crippen LogP contribution in [-0.4, -0.2) is 32.9 Å². The van der Waals surface area contributed by atoms with Crippen LogP contribution in [0.25, 0.3) is 0 Å². The molecule has 0 spiro atoms. The molecule has 0 N–H and O–H groups in total. The van der Waals surface area contributed by atoms with Gasteiger partial charge < -0.3 is 9.16 Å². The van der Waals surface area contributed by atoms with Crippen molar-refractivity contribution in [3.05, 3.63) is 12.2 Å². The predicted octanol–water partition coefficient (Wildman–Crippen LogP) is 4.93. The van der Waals surface area contributed by atoms with Gasteiger partial charge in [-0.05, 0) is 57.8 Å². The molecular formula is C16H30F2O3Si. The van der Waals surface area contributed by atoms with Gasteiger partial charge in [-0.25, -0.2) is 4.79 Å². The number of carbonyl (C=O) groups excluding carboxylic acids is 1. The van der Waals surface area contributed by atoms with Gasteiger partial charge in [0, 0.05) is 6.61 Å². The van der Waals surface area contributed by atoms with Crippen LogP contribution < -0.4 is 0 Å². The van der Waals surface area contributed by atoms with Gasteiger partial charge in [0.05, 0.1) is 6.10 Å². The van der Waals surface area contributed by atoms with Crippen LogP contribution in [0.4, 0.5) is 8.78 Å². The Labute approximate surface area is 134 Å². The van der Waals surface area contributed by atoms with Gasteiger partial charge in [-0.3, -0.25) is 0 Å². The van der Waals surface area contributed by atoms with Crippen molar-refractivity contribution in [3.63, 3.8) is 0 Å². The zero-order chi connectivity index (χ0) is 17.4. The van der Waals surface area contributed by atoms with E-state index in [9.17, 15) is 13.6 Å². The third kappa shape index (κ3) is 8.63. The lowest BCUT2D eigenvalue weighted by molar-refractivity contribution is -0.169. The Bertz CT molecular complexity index is 366. The lowest BCUT2D eigenvalue weighted by Gasteiger charge is -2.26. The van der Waals surface area contributed by atoms with Crippen LogP contribution in [0, 0.1) is 0 Å². The highest BCUT2D eigenvalue weighted by Crippen LogP contribution is 2.22. The Balaban J connectivity index is 3.98. The van der Waals surface area contributed by atoms with Crippen LogP contribution in [0.15, 0.2) is 12.2 Å². The summed E-state index contributed by atoms with van der Waals surface area (Å²) in [6.45, 7) is 12.4. The van der Waals surface area contributed by atoms with E-state index in [0.717, 1.165) is 12.8 Å². The van der Waals surface area contributed by atoms with Crippen molar-refractivity contribution in [2.24, 2.45) is 0 Å². The molecule has 22 heavy (non-hydrogen) atoms. The molecule has 0 rings (SSSR count). The van der Waals surface area contributed by atoms with Crippen LogP contribution >= 0.6 is 0 Å². The second-order valence-corrected chi connectivity index (χ2v) is 11.2. The molecule has 0 aromatic carbocycles. The van der Waals surface area contributed by atoms with Crippen LogP contribution in [0.1, 0.15) is 47.0 Å². The van der Waals surface area contributed by atoms with Crippen molar-refractivity contribution >= 4 is 14.3 Å². The highest BCUT2D eigenvalue weighted by atomic mass is 28.4. The summed E-state index contributed by atoms with van der Waals surface area (Å²) in [5, 5.41) is 0. The molecule has 0 bridgehead atoms. The monoisotopic (exact) mass is 336 g/mol. The third-order valence-electron chi connectivity index (χ3n) is 3.57. The minimum atomic E-state index is -3.55. The highest BCUT2D eigenvalue weighted by molar-refractivity contribution is 6.72. The minimum Gasteiger partial charge on any atom is -0.458 e. The number of ether oxygens (including phenoxy) is 1. The maximum absolute atomic E-state index is 13.4. The number of allylic oxidation sites excluding steroid dienone is 1. The Kier molecular flexibility index (Phi) is 9.08. The number of halogens is 2. The third-order valence-corrected chi connectivity index (χ3v) is 7.30. The van der Waals surface area contributed by atoms with E-state index < -0.39 is 26.3 Å². The first-order chi connectivity index (χ1) is 9.99. The van der Waals surface area contributed by atoms with E-state index in [0.29, 0.717) is 24.6 Å². The van der Waals surface area contributed by atoms with Gasteiger partial charge in [0.25, 0.3) is 0 Å². The van der Waals surface area contributed by atoms with E-state index in [1.54, 1.807) is 13.8 Å². The van der Waals surface area contributed by atoms with E-state index in [1.165, 1.54) is 6.08 Å². The number of rotatable bonds is 10. The number of hydrogen-bond donors (Lipinski definition) is 0. The standard InChI is InChI=1S/C16H30F2O3Si/c1-13(2)21-15(19)16(17,18)11-9-7-8-10-12-20-22(5,6)14(3)4/h9,11,13-14H,7-8,10,12H2,1-6H3/b11-9+. The smallest absolute Gasteiger partial charge is 0.381 e. The Morgan fingerprint density at radius 1 is 1.18 bits per heavy atom. The average Bonchev–Trinajstić information content (AvgIpc) is 2.36. The van der Waals surface area contributed by atoms with Crippen LogP contribution in [0.2, 0.25) is 18.6 Å². The quantitative estimate of drug-likeness (QED) is 0.245. The fourth-order valence-electron chi connectivity index (χ4n) is 1.46. The summed E-state index contributed by atoms with van der Waals surface area (Å²) in [6.07, 6.45) is 3.51. The second kappa shape index (κ2) is 9.40. The van der Waals surface area contributed by atoms with Gasteiger partial charge in [0.2, 0.25) is 0 Å². The molecular weight excluding hydrogens is 306 g/mol. The molecule has 3 nitrogen and oxygen atoms in total. The van der Waals surface area contributed by atoms with E-state index >= 15 is 0 Å². The van der Waals surface area contributed by atoms with Gasteiger partial charge >= 0.3 is 11.9 Å². The second-order valence-electron chi connectivity index (χ2n) is 6.58. The molecule has 0 amide bonds. The van der Waals surface area contributed by atoms with Gasteiger partial charge in [0.15, 0.2) is 8.32 Å². The molecule has 130 valence electrons. The summed E-state index contributed by atoms with van der Waals surface area (Å²) in [6, 6.07) is 0. The number of hydrogen-bond acceptors (Lipinski definition) is 3. The SMILES string of the molecule is CC(C)OC(=O)C(F)(F)/C=C/CCCCO[Si](C)(C)C(C)C.